The van der Waals surface area contributed by atoms with Crippen LogP contribution in [0.3, 0.4) is 0 Å². The second-order valence-electron chi connectivity index (χ2n) is 6.25. The Kier molecular flexibility index (Phi) is 5.80. The number of carbonyl (C=O) groups excluding carboxylic acids is 2. The number of carbonyl (C=O) groups is 2. The Balaban J connectivity index is 1.48. The normalized spacial score (nSPS) is 20.4. The number of Topliss-reactive ketones (excluding diaryl/α,β-unsaturated/α-hetero) is 1. The van der Waals surface area contributed by atoms with Crippen molar-refractivity contribution in [1.82, 2.24) is 15.1 Å². The molecule has 0 aliphatic carbocycles. The zero-order chi connectivity index (χ0) is 17.6. The molecule has 0 unspecified atom stereocenters. The number of fused-ring (bicyclic) bond motifs is 1. The molecular formula is C18H24N4O3. The molecule has 0 bridgehead atoms. The highest BCUT2D eigenvalue weighted by Crippen LogP contribution is 2.24. The van der Waals surface area contributed by atoms with E-state index in [1.807, 2.05) is 0 Å². The lowest BCUT2D eigenvalue weighted by atomic mass is 9.98. The molecular weight excluding hydrogens is 320 g/mol. The van der Waals surface area contributed by atoms with Crippen molar-refractivity contribution in [3.05, 3.63) is 41.6 Å². The summed E-state index contributed by atoms with van der Waals surface area (Å²) in [7, 11) is 0. The maximum atomic E-state index is 12.4. The summed E-state index contributed by atoms with van der Waals surface area (Å²) in [6.07, 6.45) is 1.52. The first-order chi connectivity index (χ1) is 12.2. The molecule has 2 aliphatic rings. The maximum absolute atomic E-state index is 12.4. The zero-order valence-electron chi connectivity index (χ0n) is 14.2. The molecule has 1 aromatic carbocycles. The minimum Gasteiger partial charge on any atom is -0.395 e. The third kappa shape index (κ3) is 4.25. The molecule has 1 aromatic rings. The first kappa shape index (κ1) is 17.6. The number of rotatable bonds is 6. The van der Waals surface area contributed by atoms with Crippen LogP contribution in [0.15, 0.2) is 36.0 Å². The van der Waals surface area contributed by atoms with Gasteiger partial charge in [0.2, 0.25) is 5.78 Å². The molecule has 2 heterocycles. The van der Waals surface area contributed by atoms with E-state index in [-0.39, 0.29) is 23.9 Å². The zero-order valence-corrected chi connectivity index (χ0v) is 14.2. The maximum Gasteiger partial charge on any atom is 0.261 e. The number of nitrogens with zero attached hydrogens (tertiary/aromatic N) is 2. The number of anilines is 1. The van der Waals surface area contributed by atoms with Crippen LogP contribution in [0.1, 0.15) is 10.4 Å². The van der Waals surface area contributed by atoms with E-state index in [4.69, 9.17) is 5.11 Å². The molecule has 0 aromatic heterocycles. The van der Waals surface area contributed by atoms with Crippen LogP contribution in [0.2, 0.25) is 0 Å². The van der Waals surface area contributed by atoms with Crippen LogP contribution < -0.4 is 10.6 Å². The van der Waals surface area contributed by atoms with Crippen LogP contribution in [0.5, 0.6) is 0 Å². The van der Waals surface area contributed by atoms with E-state index < -0.39 is 0 Å². The van der Waals surface area contributed by atoms with Crippen molar-refractivity contribution in [3.63, 3.8) is 0 Å². The number of ketones is 1. The van der Waals surface area contributed by atoms with Crippen molar-refractivity contribution in [1.29, 1.82) is 0 Å². The van der Waals surface area contributed by atoms with Gasteiger partial charge >= 0.3 is 0 Å². The number of hydrogen-bond donors (Lipinski definition) is 3. The van der Waals surface area contributed by atoms with Crippen molar-refractivity contribution in [2.24, 2.45) is 0 Å². The van der Waals surface area contributed by atoms with E-state index >= 15 is 0 Å². The number of benzene rings is 1. The number of nitrogens with one attached hydrogen (secondary N) is 2. The number of piperazine rings is 1. The topological polar surface area (TPSA) is 84.9 Å². The van der Waals surface area contributed by atoms with Gasteiger partial charge in [-0.05, 0) is 12.1 Å². The fourth-order valence-corrected chi connectivity index (χ4v) is 3.13. The van der Waals surface area contributed by atoms with Gasteiger partial charge in [0.25, 0.3) is 5.91 Å². The lowest BCUT2D eigenvalue weighted by Gasteiger charge is -2.34. The average Bonchev–Trinajstić information content (AvgIpc) is 2.62. The minimum absolute atomic E-state index is 0.145. The van der Waals surface area contributed by atoms with Gasteiger partial charge in [-0.1, -0.05) is 12.1 Å². The SMILES string of the molecule is O=C1Nc2ccccc2C(=O)C1=CNCCN1CCN(CCO)CC1. The number of para-hydroxylation sites is 1. The molecule has 3 rings (SSSR count). The average molecular weight is 344 g/mol. The molecule has 0 radical (unpaired) electrons. The quantitative estimate of drug-likeness (QED) is 0.380. The molecule has 7 heteroatoms. The molecule has 1 amide bonds. The minimum atomic E-state index is -0.367. The summed E-state index contributed by atoms with van der Waals surface area (Å²) in [4.78, 5) is 29.1. The lowest BCUT2D eigenvalue weighted by Crippen LogP contribution is -2.48. The molecule has 1 saturated heterocycles. The summed E-state index contributed by atoms with van der Waals surface area (Å²) in [6, 6.07) is 7.03. The summed E-state index contributed by atoms with van der Waals surface area (Å²) in [5.74, 6) is -0.613. The van der Waals surface area contributed by atoms with Gasteiger partial charge in [-0.2, -0.15) is 0 Å². The van der Waals surface area contributed by atoms with E-state index in [1.54, 1.807) is 24.3 Å². The largest absolute Gasteiger partial charge is 0.395 e. The molecule has 7 nitrogen and oxygen atoms in total. The molecule has 3 N–H and O–H groups in total. The molecule has 0 spiro atoms. The third-order valence-electron chi connectivity index (χ3n) is 4.61. The first-order valence-corrected chi connectivity index (χ1v) is 8.63. The van der Waals surface area contributed by atoms with E-state index in [1.165, 1.54) is 6.20 Å². The van der Waals surface area contributed by atoms with Crippen molar-refractivity contribution in [2.75, 3.05) is 57.7 Å². The van der Waals surface area contributed by atoms with Crippen molar-refractivity contribution < 1.29 is 14.7 Å². The predicted octanol–water partition coefficient (Wildman–Crippen LogP) is -0.0952. The monoisotopic (exact) mass is 344 g/mol. The van der Waals surface area contributed by atoms with Crippen molar-refractivity contribution in [2.45, 2.75) is 0 Å². The van der Waals surface area contributed by atoms with Crippen LogP contribution in [-0.4, -0.2) is 79.0 Å². The Labute approximate surface area is 147 Å². The summed E-state index contributed by atoms with van der Waals surface area (Å²) < 4.78 is 0. The number of aliphatic hydroxyl groups is 1. The number of amides is 1. The van der Waals surface area contributed by atoms with Gasteiger partial charge in [0.15, 0.2) is 0 Å². The van der Waals surface area contributed by atoms with Gasteiger partial charge in [0.1, 0.15) is 5.57 Å². The molecule has 25 heavy (non-hydrogen) atoms. The van der Waals surface area contributed by atoms with Gasteiger partial charge in [-0.25, -0.2) is 0 Å². The summed E-state index contributed by atoms with van der Waals surface area (Å²) in [5, 5.41) is 14.8. The molecule has 0 saturated carbocycles. The standard InChI is InChI=1S/C18H24N4O3/c23-12-11-22-9-7-21(8-10-22)6-5-19-13-15-17(24)14-3-1-2-4-16(14)20-18(15)25/h1-4,13,19,23H,5-12H2,(H,20,25). The highest BCUT2D eigenvalue weighted by atomic mass is 16.3. The molecule has 2 aliphatic heterocycles. The Morgan fingerprint density at radius 3 is 2.48 bits per heavy atom. The number of hydrogen-bond acceptors (Lipinski definition) is 6. The highest BCUT2D eigenvalue weighted by molar-refractivity contribution is 6.33. The van der Waals surface area contributed by atoms with E-state index in [9.17, 15) is 9.59 Å². The fraction of sp³-hybridized carbons (Fsp3) is 0.444. The number of β-amino-alcohol motifs (C(OH)–C–C–N with tert-alkyl or cyclic N) is 1. The van der Waals surface area contributed by atoms with Gasteiger partial charge in [0, 0.05) is 57.6 Å². The Bertz CT molecular complexity index is 666. The third-order valence-corrected chi connectivity index (χ3v) is 4.61. The van der Waals surface area contributed by atoms with Gasteiger partial charge in [-0.15, -0.1) is 0 Å². The first-order valence-electron chi connectivity index (χ1n) is 8.63. The van der Waals surface area contributed by atoms with Crippen LogP contribution in [0.4, 0.5) is 5.69 Å². The second kappa shape index (κ2) is 8.24. The molecule has 0 atom stereocenters. The summed E-state index contributed by atoms with van der Waals surface area (Å²) >= 11 is 0. The van der Waals surface area contributed by atoms with E-state index in [2.05, 4.69) is 20.4 Å². The Hall–Kier alpha value is -2.22. The smallest absolute Gasteiger partial charge is 0.261 e. The Morgan fingerprint density at radius 2 is 1.76 bits per heavy atom. The second-order valence-corrected chi connectivity index (χ2v) is 6.25. The fourth-order valence-electron chi connectivity index (χ4n) is 3.13. The lowest BCUT2D eigenvalue weighted by molar-refractivity contribution is -0.112. The van der Waals surface area contributed by atoms with Crippen LogP contribution in [0, 0.1) is 0 Å². The van der Waals surface area contributed by atoms with E-state index in [0.717, 1.165) is 39.3 Å². The highest BCUT2D eigenvalue weighted by Gasteiger charge is 2.27. The van der Waals surface area contributed by atoms with Gasteiger partial charge < -0.3 is 15.7 Å². The van der Waals surface area contributed by atoms with E-state index in [0.29, 0.717) is 17.8 Å². The van der Waals surface area contributed by atoms with Gasteiger partial charge in [0.05, 0.1) is 12.3 Å². The molecule has 1 fully saturated rings. The van der Waals surface area contributed by atoms with Gasteiger partial charge in [-0.3, -0.25) is 19.4 Å². The van der Waals surface area contributed by atoms with Crippen LogP contribution in [-0.2, 0) is 4.79 Å². The predicted molar refractivity (Wildman–Crippen MR) is 95.5 cm³/mol. The van der Waals surface area contributed by atoms with Crippen molar-refractivity contribution in [3.8, 4) is 0 Å². The van der Waals surface area contributed by atoms with Crippen LogP contribution in [0.25, 0.3) is 0 Å². The molecule has 134 valence electrons. The van der Waals surface area contributed by atoms with Crippen molar-refractivity contribution >= 4 is 17.4 Å². The van der Waals surface area contributed by atoms with Crippen LogP contribution >= 0.6 is 0 Å². The summed E-state index contributed by atoms with van der Waals surface area (Å²) in [6.45, 7) is 6.30. The number of aliphatic hydroxyl groups excluding tert-OH is 1. The Morgan fingerprint density at radius 1 is 1.08 bits per heavy atom. The summed E-state index contributed by atoms with van der Waals surface area (Å²) in [5.41, 5.74) is 1.23.